The third kappa shape index (κ3) is 7.00. The number of carboxylic acids is 1. The third-order valence-electron chi connectivity index (χ3n) is 5.42. The molecule has 0 fully saturated rings. The molecule has 0 amide bonds. The quantitative estimate of drug-likeness (QED) is 0.363. The van der Waals surface area contributed by atoms with Gasteiger partial charge in [0, 0.05) is 43.0 Å². The van der Waals surface area contributed by atoms with Crippen molar-refractivity contribution in [1.29, 1.82) is 0 Å². The maximum atomic E-state index is 12.8. The van der Waals surface area contributed by atoms with Crippen LogP contribution in [-0.4, -0.2) is 42.4 Å². The lowest BCUT2D eigenvalue weighted by molar-refractivity contribution is -0.137. The first kappa shape index (κ1) is 25.6. The van der Waals surface area contributed by atoms with E-state index >= 15 is 0 Å². The van der Waals surface area contributed by atoms with Gasteiger partial charge in [-0.15, -0.1) is 0 Å². The summed E-state index contributed by atoms with van der Waals surface area (Å²) in [4.78, 5) is 15.2. The first-order valence-corrected chi connectivity index (χ1v) is 12.7. The molecule has 0 bridgehead atoms. The molecule has 0 saturated heterocycles. The lowest BCUT2D eigenvalue weighted by atomic mass is 9.96. The fraction of sp³-hybridized carbons (Fsp3) is 0.231. The highest BCUT2D eigenvalue weighted by Crippen LogP contribution is 2.25. The zero-order valence-corrected chi connectivity index (χ0v) is 20.5. The van der Waals surface area contributed by atoms with Crippen molar-refractivity contribution < 1.29 is 18.3 Å². The summed E-state index contributed by atoms with van der Waals surface area (Å²) in [6, 6.07) is 18.0. The summed E-state index contributed by atoms with van der Waals surface area (Å²) >= 11 is 5.87. The number of hydrogen-bond acceptors (Lipinski definition) is 4. The number of benzene rings is 2. The Morgan fingerprint density at radius 2 is 1.76 bits per heavy atom. The number of nitrogens with zero attached hydrogens (tertiary/aromatic N) is 2. The molecule has 1 heterocycles. The van der Waals surface area contributed by atoms with Gasteiger partial charge >= 0.3 is 5.97 Å². The van der Waals surface area contributed by atoms with E-state index in [0.717, 1.165) is 22.3 Å². The Balaban J connectivity index is 1.70. The van der Waals surface area contributed by atoms with Crippen LogP contribution in [0.25, 0.3) is 5.57 Å². The second kappa shape index (κ2) is 11.9. The lowest BCUT2D eigenvalue weighted by Crippen LogP contribution is -2.29. The molecule has 0 aliphatic rings. The lowest BCUT2D eigenvalue weighted by Gasteiger charge is -2.17. The highest BCUT2D eigenvalue weighted by Gasteiger charge is 2.20. The summed E-state index contributed by atoms with van der Waals surface area (Å²) in [6.07, 6.45) is 7.44. The SMILES string of the molecule is CN(CCc1ccc(/C(=C\CCCC(=O)O)c2cccnc2)cc1)S(=O)(=O)c1ccc(Cl)cc1. The molecule has 0 aliphatic heterocycles. The van der Waals surface area contributed by atoms with Crippen LogP contribution < -0.4 is 0 Å². The van der Waals surface area contributed by atoms with Gasteiger partial charge < -0.3 is 5.11 Å². The number of unbranched alkanes of at least 4 members (excludes halogenated alkanes) is 1. The van der Waals surface area contributed by atoms with Crippen molar-refractivity contribution >= 4 is 33.2 Å². The molecule has 0 spiro atoms. The van der Waals surface area contributed by atoms with Gasteiger partial charge in [0.05, 0.1) is 4.90 Å². The number of carboxylic acid groups (broad SMARTS) is 1. The van der Waals surface area contributed by atoms with E-state index in [2.05, 4.69) is 4.98 Å². The van der Waals surface area contributed by atoms with Crippen LogP contribution in [-0.2, 0) is 21.2 Å². The number of carbonyl (C=O) groups is 1. The molecule has 0 aliphatic carbocycles. The molecule has 1 N–H and O–H groups in total. The number of likely N-dealkylation sites (N-methyl/N-ethyl adjacent to an activating group) is 1. The standard InChI is InChI=1S/C26H27ClN2O4S/c1-29(34(32,33)24-14-12-23(27)13-15-24)18-16-20-8-10-21(11-9-20)25(6-2-3-7-26(30)31)22-5-4-17-28-19-22/h4-6,8-15,17,19H,2-3,7,16,18H2,1H3,(H,30,31)/b25-6+. The van der Waals surface area contributed by atoms with Gasteiger partial charge in [0.25, 0.3) is 0 Å². The highest BCUT2D eigenvalue weighted by molar-refractivity contribution is 7.89. The smallest absolute Gasteiger partial charge is 0.303 e. The molecule has 0 atom stereocenters. The van der Waals surface area contributed by atoms with E-state index in [1.54, 1.807) is 31.6 Å². The number of rotatable bonds is 11. The molecule has 178 valence electrons. The molecule has 3 rings (SSSR count). The predicted octanol–water partition coefficient (Wildman–Crippen LogP) is 5.28. The number of hydrogen-bond donors (Lipinski definition) is 1. The Kier molecular flexibility index (Phi) is 8.98. The second-order valence-electron chi connectivity index (χ2n) is 7.87. The van der Waals surface area contributed by atoms with Crippen molar-refractivity contribution in [2.45, 2.75) is 30.6 Å². The fourth-order valence-corrected chi connectivity index (χ4v) is 4.77. The minimum Gasteiger partial charge on any atom is -0.481 e. The van der Waals surface area contributed by atoms with E-state index in [4.69, 9.17) is 16.7 Å². The number of halogens is 1. The summed E-state index contributed by atoms with van der Waals surface area (Å²) in [7, 11) is -2.02. The average molecular weight is 499 g/mol. The minimum absolute atomic E-state index is 0.127. The number of pyridine rings is 1. The maximum absolute atomic E-state index is 12.8. The molecule has 6 nitrogen and oxygen atoms in total. The number of aromatic nitrogens is 1. The molecular formula is C26H27ClN2O4S. The van der Waals surface area contributed by atoms with Crippen molar-refractivity contribution in [3.8, 4) is 0 Å². The van der Waals surface area contributed by atoms with Crippen molar-refractivity contribution in [2.75, 3.05) is 13.6 Å². The van der Waals surface area contributed by atoms with Crippen LogP contribution in [0, 0.1) is 0 Å². The van der Waals surface area contributed by atoms with Crippen LogP contribution in [0.2, 0.25) is 5.02 Å². The van der Waals surface area contributed by atoms with Crippen LogP contribution in [0.4, 0.5) is 0 Å². The summed E-state index contributed by atoms with van der Waals surface area (Å²) < 4.78 is 26.9. The van der Waals surface area contributed by atoms with Gasteiger partial charge in [-0.3, -0.25) is 9.78 Å². The first-order valence-electron chi connectivity index (χ1n) is 10.9. The molecule has 8 heteroatoms. The molecule has 1 aromatic heterocycles. The van der Waals surface area contributed by atoms with Crippen LogP contribution >= 0.6 is 11.6 Å². The molecule has 3 aromatic rings. The molecule has 2 aromatic carbocycles. The molecule has 0 saturated carbocycles. The number of aliphatic carboxylic acids is 1. The Labute approximate surface area is 205 Å². The van der Waals surface area contributed by atoms with Crippen LogP contribution in [0.5, 0.6) is 0 Å². The Hall–Kier alpha value is -3.00. The number of allylic oxidation sites excluding steroid dienone is 1. The van der Waals surface area contributed by atoms with Gasteiger partial charge in [-0.25, -0.2) is 12.7 Å². The largest absolute Gasteiger partial charge is 0.481 e. The zero-order valence-electron chi connectivity index (χ0n) is 18.9. The normalized spacial score (nSPS) is 12.1. The van der Waals surface area contributed by atoms with Crippen molar-refractivity contribution in [2.24, 2.45) is 0 Å². The number of sulfonamides is 1. The van der Waals surface area contributed by atoms with Gasteiger partial charge in [-0.05, 0) is 66.3 Å². The van der Waals surface area contributed by atoms with Gasteiger partial charge in [-0.1, -0.05) is 48.0 Å². The van der Waals surface area contributed by atoms with Crippen LogP contribution in [0.3, 0.4) is 0 Å². The topological polar surface area (TPSA) is 87.6 Å². The van der Waals surface area contributed by atoms with E-state index in [-0.39, 0.29) is 11.3 Å². The third-order valence-corrected chi connectivity index (χ3v) is 7.54. The Morgan fingerprint density at radius 3 is 2.38 bits per heavy atom. The molecule has 34 heavy (non-hydrogen) atoms. The van der Waals surface area contributed by atoms with Gasteiger partial charge in [0.2, 0.25) is 10.0 Å². The second-order valence-corrected chi connectivity index (χ2v) is 10.4. The Morgan fingerprint density at radius 1 is 1.06 bits per heavy atom. The Bertz CT molecular complexity index is 1230. The van der Waals surface area contributed by atoms with Crippen molar-refractivity contribution in [3.05, 3.63) is 101 Å². The summed E-state index contributed by atoms with van der Waals surface area (Å²) in [5, 5.41) is 9.37. The van der Waals surface area contributed by atoms with Crippen LogP contribution in [0.15, 0.2) is 84.0 Å². The van der Waals surface area contributed by atoms with Crippen molar-refractivity contribution in [3.63, 3.8) is 0 Å². The van der Waals surface area contributed by atoms with Gasteiger partial charge in [0.15, 0.2) is 0 Å². The van der Waals surface area contributed by atoms with E-state index in [1.807, 2.05) is 42.5 Å². The molecule has 0 radical (unpaired) electrons. The summed E-state index contributed by atoms with van der Waals surface area (Å²) in [6.45, 7) is 0.338. The highest BCUT2D eigenvalue weighted by atomic mass is 35.5. The first-order chi connectivity index (χ1) is 16.3. The van der Waals surface area contributed by atoms with Gasteiger partial charge in [-0.2, -0.15) is 0 Å². The van der Waals surface area contributed by atoms with E-state index in [0.29, 0.717) is 30.8 Å². The monoisotopic (exact) mass is 498 g/mol. The molecular weight excluding hydrogens is 472 g/mol. The predicted molar refractivity (Wildman–Crippen MR) is 134 cm³/mol. The van der Waals surface area contributed by atoms with E-state index < -0.39 is 16.0 Å². The van der Waals surface area contributed by atoms with Crippen molar-refractivity contribution in [1.82, 2.24) is 9.29 Å². The zero-order chi connectivity index (χ0) is 24.6. The van der Waals surface area contributed by atoms with E-state index in [1.165, 1.54) is 16.4 Å². The summed E-state index contributed by atoms with van der Waals surface area (Å²) in [5.74, 6) is -0.802. The van der Waals surface area contributed by atoms with Gasteiger partial charge in [0.1, 0.15) is 0 Å². The van der Waals surface area contributed by atoms with E-state index in [9.17, 15) is 13.2 Å². The fourth-order valence-electron chi connectivity index (χ4n) is 3.47. The average Bonchev–Trinajstić information content (AvgIpc) is 2.83. The van der Waals surface area contributed by atoms with Crippen LogP contribution in [0.1, 0.15) is 36.0 Å². The molecule has 0 unspecified atom stereocenters. The minimum atomic E-state index is -3.59. The maximum Gasteiger partial charge on any atom is 0.303 e. The summed E-state index contributed by atoms with van der Waals surface area (Å²) in [5.41, 5.74) is 3.96.